The lowest BCUT2D eigenvalue weighted by Gasteiger charge is -2.32. The Bertz CT molecular complexity index is 965. The molecule has 6 heteroatoms. The SMILES string of the molecule is CCOc1ccc(CCC(=O)N(Cc2ccccc2C)[C@H](C)C(=O)NC(C)(C)C)cc1OCC. The Morgan fingerprint density at radius 3 is 2.26 bits per heavy atom. The highest BCUT2D eigenvalue weighted by atomic mass is 16.5. The summed E-state index contributed by atoms with van der Waals surface area (Å²) in [5.74, 6) is 1.16. The molecule has 2 aromatic rings. The molecule has 0 saturated heterocycles. The molecule has 6 nitrogen and oxygen atoms in total. The van der Waals surface area contributed by atoms with Gasteiger partial charge >= 0.3 is 0 Å². The second-order valence-electron chi connectivity index (χ2n) is 9.51. The summed E-state index contributed by atoms with van der Waals surface area (Å²) in [5.41, 5.74) is 2.74. The van der Waals surface area contributed by atoms with Crippen LogP contribution in [0.5, 0.6) is 11.5 Å². The second-order valence-corrected chi connectivity index (χ2v) is 9.51. The largest absolute Gasteiger partial charge is 0.490 e. The molecule has 0 aliphatic carbocycles. The number of hydrogen-bond donors (Lipinski definition) is 1. The van der Waals surface area contributed by atoms with Gasteiger partial charge in [-0.15, -0.1) is 0 Å². The minimum atomic E-state index is -0.592. The van der Waals surface area contributed by atoms with Crippen molar-refractivity contribution in [3.05, 3.63) is 59.2 Å². The molecule has 0 fully saturated rings. The van der Waals surface area contributed by atoms with Gasteiger partial charge in [-0.25, -0.2) is 0 Å². The Labute approximate surface area is 204 Å². The number of hydrogen-bond acceptors (Lipinski definition) is 4. The number of rotatable bonds is 11. The normalized spacial score (nSPS) is 12.1. The van der Waals surface area contributed by atoms with Gasteiger partial charge in [-0.05, 0) is 83.7 Å². The Morgan fingerprint density at radius 2 is 1.65 bits per heavy atom. The van der Waals surface area contributed by atoms with Crippen LogP contribution in [0.3, 0.4) is 0 Å². The summed E-state index contributed by atoms with van der Waals surface area (Å²) in [7, 11) is 0. The minimum absolute atomic E-state index is 0.0633. The fourth-order valence-corrected chi connectivity index (χ4v) is 3.67. The summed E-state index contributed by atoms with van der Waals surface area (Å²) >= 11 is 0. The summed E-state index contributed by atoms with van der Waals surface area (Å²) in [4.78, 5) is 28.0. The zero-order valence-corrected chi connectivity index (χ0v) is 21.7. The Morgan fingerprint density at radius 1 is 1.00 bits per heavy atom. The molecule has 186 valence electrons. The number of aryl methyl sites for hydroxylation is 2. The predicted molar refractivity (Wildman–Crippen MR) is 136 cm³/mol. The maximum Gasteiger partial charge on any atom is 0.242 e. The highest BCUT2D eigenvalue weighted by Gasteiger charge is 2.28. The van der Waals surface area contributed by atoms with E-state index in [2.05, 4.69) is 5.32 Å². The third-order valence-corrected chi connectivity index (χ3v) is 5.50. The topological polar surface area (TPSA) is 67.9 Å². The molecule has 2 rings (SSSR count). The van der Waals surface area contributed by atoms with Crippen LogP contribution in [0.4, 0.5) is 0 Å². The molecule has 0 heterocycles. The molecule has 2 amide bonds. The Balaban J connectivity index is 2.21. The number of ether oxygens (including phenoxy) is 2. The van der Waals surface area contributed by atoms with Crippen molar-refractivity contribution in [1.82, 2.24) is 10.2 Å². The smallest absolute Gasteiger partial charge is 0.242 e. The van der Waals surface area contributed by atoms with Gasteiger partial charge in [0.25, 0.3) is 0 Å². The molecule has 0 aliphatic rings. The van der Waals surface area contributed by atoms with E-state index in [0.29, 0.717) is 44.1 Å². The van der Waals surface area contributed by atoms with Crippen LogP contribution in [-0.4, -0.2) is 41.5 Å². The molecule has 0 saturated carbocycles. The van der Waals surface area contributed by atoms with Crippen LogP contribution < -0.4 is 14.8 Å². The van der Waals surface area contributed by atoms with E-state index in [0.717, 1.165) is 16.7 Å². The van der Waals surface area contributed by atoms with E-state index in [9.17, 15) is 9.59 Å². The van der Waals surface area contributed by atoms with Crippen LogP contribution in [0.2, 0.25) is 0 Å². The molecule has 0 aliphatic heterocycles. The van der Waals surface area contributed by atoms with Gasteiger partial charge in [0.2, 0.25) is 11.8 Å². The number of nitrogens with zero attached hydrogens (tertiary/aromatic N) is 1. The molecule has 0 radical (unpaired) electrons. The lowest BCUT2D eigenvalue weighted by molar-refractivity contribution is -0.141. The fraction of sp³-hybridized carbons (Fsp3) is 0.500. The average Bonchev–Trinajstić information content (AvgIpc) is 2.77. The first-order valence-corrected chi connectivity index (χ1v) is 12.1. The predicted octanol–water partition coefficient (Wildman–Crippen LogP) is 5.06. The lowest BCUT2D eigenvalue weighted by Crippen LogP contribution is -2.52. The minimum Gasteiger partial charge on any atom is -0.490 e. The summed E-state index contributed by atoms with van der Waals surface area (Å²) in [6.07, 6.45) is 0.835. The maximum atomic E-state index is 13.4. The summed E-state index contributed by atoms with van der Waals surface area (Å²) < 4.78 is 11.4. The van der Waals surface area contributed by atoms with Crippen molar-refractivity contribution in [2.24, 2.45) is 0 Å². The van der Waals surface area contributed by atoms with Crippen molar-refractivity contribution >= 4 is 11.8 Å². The molecule has 1 atom stereocenters. The zero-order chi connectivity index (χ0) is 25.3. The zero-order valence-electron chi connectivity index (χ0n) is 21.7. The molecule has 1 N–H and O–H groups in total. The monoisotopic (exact) mass is 468 g/mol. The Kier molecular flexibility index (Phi) is 9.97. The molecular formula is C28H40N2O4. The molecule has 0 aromatic heterocycles. The van der Waals surface area contributed by atoms with E-state index in [1.54, 1.807) is 11.8 Å². The van der Waals surface area contributed by atoms with E-state index in [1.807, 2.05) is 84.0 Å². The van der Waals surface area contributed by atoms with Gasteiger partial charge in [-0.1, -0.05) is 30.3 Å². The standard InChI is InChI=1S/C28H40N2O4/c1-8-33-24-16-14-22(18-25(24)34-9-2)15-17-26(31)30(19-23-13-11-10-12-20(23)3)21(4)27(32)29-28(5,6)7/h10-14,16,18,21H,8-9,15,17,19H2,1-7H3,(H,29,32)/t21-/m1/s1. The van der Waals surface area contributed by atoms with Crippen LogP contribution in [0.1, 0.15) is 64.7 Å². The molecule has 0 spiro atoms. The highest BCUT2D eigenvalue weighted by molar-refractivity contribution is 5.87. The van der Waals surface area contributed by atoms with E-state index >= 15 is 0 Å². The summed E-state index contributed by atoms with van der Waals surface area (Å²) in [6, 6.07) is 13.1. The number of benzene rings is 2. The van der Waals surface area contributed by atoms with Crippen molar-refractivity contribution in [3.63, 3.8) is 0 Å². The van der Waals surface area contributed by atoms with Gasteiger partial charge in [0.1, 0.15) is 6.04 Å². The number of carbonyl (C=O) groups is 2. The average molecular weight is 469 g/mol. The van der Waals surface area contributed by atoms with Gasteiger partial charge in [0, 0.05) is 18.5 Å². The number of carbonyl (C=O) groups excluding carboxylic acids is 2. The van der Waals surface area contributed by atoms with Crippen molar-refractivity contribution < 1.29 is 19.1 Å². The van der Waals surface area contributed by atoms with Crippen LogP contribution in [0, 0.1) is 6.92 Å². The summed E-state index contributed by atoms with van der Waals surface area (Å²) in [5, 5.41) is 3.00. The van der Waals surface area contributed by atoms with E-state index in [-0.39, 0.29) is 17.4 Å². The summed E-state index contributed by atoms with van der Waals surface area (Å²) in [6.45, 7) is 15.0. The first-order valence-electron chi connectivity index (χ1n) is 12.1. The third-order valence-electron chi connectivity index (χ3n) is 5.50. The fourth-order valence-electron chi connectivity index (χ4n) is 3.67. The molecule has 0 unspecified atom stereocenters. The van der Waals surface area contributed by atoms with Gasteiger partial charge in [-0.3, -0.25) is 9.59 Å². The van der Waals surface area contributed by atoms with Crippen LogP contribution >= 0.6 is 0 Å². The Hall–Kier alpha value is -3.02. The number of nitrogens with one attached hydrogen (secondary N) is 1. The molecule has 0 bridgehead atoms. The van der Waals surface area contributed by atoms with E-state index < -0.39 is 6.04 Å². The second kappa shape index (κ2) is 12.4. The van der Waals surface area contributed by atoms with Crippen molar-refractivity contribution in [2.45, 2.75) is 79.4 Å². The van der Waals surface area contributed by atoms with Gasteiger partial charge < -0.3 is 19.7 Å². The van der Waals surface area contributed by atoms with Gasteiger partial charge in [0.05, 0.1) is 13.2 Å². The maximum absolute atomic E-state index is 13.4. The molecule has 34 heavy (non-hydrogen) atoms. The first-order chi connectivity index (χ1) is 16.1. The van der Waals surface area contributed by atoms with E-state index in [1.165, 1.54) is 0 Å². The van der Waals surface area contributed by atoms with Crippen LogP contribution in [0.15, 0.2) is 42.5 Å². The van der Waals surface area contributed by atoms with Crippen molar-refractivity contribution in [1.29, 1.82) is 0 Å². The molecule has 2 aromatic carbocycles. The van der Waals surface area contributed by atoms with Crippen LogP contribution in [0.25, 0.3) is 0 Å². The van der Waals surface area contributed by atoms with Crippen LogP contribution in [-0.2, 0) is 22.6 Å². The molecular weight excluding hydrogens is 428 g/mol. The quantitative estimate of drug-likeness (QED) is 0.501. The third kappa shape index (κ3) is 8.08. The number of amides is 2. The van der Waals surface area contributed by atoms with Gasteiger partial charge in [0.15, 0.2) is 11.5 Å². The first kappa shape index (κ1) is 27.2. The highest BCUT2D eigenvalue weighted by Crippen LogP contribution is 2.29. The van der Waals surface area contributed by atoms with E-state index in [4.69, 9.17) is 9.47 Å². The van der Waals surface area contributed by atoms with Crippen molar-refractivity contribution in [3.8, 4) is 11.5 Å². The van der Waals surface area contributed by atoms with Crippen molar-refractivity contribution in [2.75, 3.05) is 13.2 Å². The lowest BCUT2D eigenvalue weighted by atomic mass is 10.0. The van der Waals surface area contributed by atoms with Gasteiger partial charge in [-0.2, -0.15) is 0 Å².